The molecule has 1 saturated carbocycles. The van der Waals surface area contributed by atoms with Crippen molar-refractivity contribution in [3.63, 3.8) is 0 Å². The molecule has 2 aromatic rings. The highest BCUT2D eigenvalue weighted by molar-refractivity contribution is 5.96. The summed E-state index contributed by atoms with van der Waals surface area (Å²) in [7, 11) is 4.60. The molecule has 0 radical (unpaired) electrons. The van der Waals surface area contributed by atoms with Gasteiger partial charge in [-0.3, -0.25) is 14.4 Å². The SMILES string of the molecule is COc1ccc(OC)c(CCN(C(=O)C2CCC2)[C@@H]2C=C(C(=O)NCCO)[C@@H]3c4cc(C=O)cc(OC)c4O[C@@H]3[C@H]2O)c1. The number of aldehydes is 1. The number of amides is 2. The Kier molecular flexibility index (Phi) is 9.22. The number of aliphatic hydroxyl groups excluding tert-OH is 2. The predicted molar refractivity (Wildman–Crippen MR) is 156 cm³/mol. The van der Waals surface area contributed by atoms with Crippen LogP contribution in [-0.2, 0) is 16.0 Å². The summed E-state index contributed by atoms with van der Waals surface area (Å²) in [5.41, 5.74) is 1.98. The fraction of sp³-hybridized carbons (Fsp3) is 0.469. The maximum atomic E-state index is 13.9. The van der Waals surface area contributed by atoms with Crippen molar-refractivity contribution in [1.82, 2.24) is 10.2 Å². The molecule has 11 heteroatoms. The van der Waals surface area contributed by atoms with Crippen LogP contribution in [0.4, 0.5) is 0 Å². The maximum absolute atomic E-state index is 13.9. The molecule has 1 heterocycles. The van der Waals surface area contributed by atoms with Gasteiger partial charge in [-0.15, -0.1) is 0 Å². The molecule has 0 aromatic heterocycles. The van der Waals surface area contributed by atoms with E-state index in [1.807, 2.05) is 6.07 Å². The van der Waals surface area contributed by atoms with Crippen LogP contribution in [0.15, 0.2) is 42.0 Å². The van der Waals surface area contributed by atoms with Crippen LogP contribution >= 0.6 is 0 Å². The smallest absolute Gasteiger partial charge is 0.247 e. The summed E-state index contributed by atoms with van der Waals surface area (Å²) >= 11 is 0. The van der Waals surface area contributed by atoms with Crippen molar-refractivity contribution >= 4 is 18.1 Å². The van der Waals surface area contributed by atoms with E-state index < -0.39 is 30.1 Å². The van der Waals surface area contributed by atoms with E-state index in [4.69, 9.17) is 18.9 Å². The van der Waals surface area contributed by atoms with Crippen molar-refractivity contribution in [2.45, 2.75) is 49.9 Å². The number of methoxy groups -OCH3 is 3. The van der Waals surface area contributed by atoms with Crippen molar-refractivity contribution in [3.8, 4) is 23.0 Å². The minimum atomic E-state index is -1.20. The van der Waals surface area contributed by atoms with Crippen LogP contribution in [0.3, 0.4) is 0 Å². The molecule has 0 bridgehead atoms. The Bertz CT molecular complexity index is 1400. The molecule has 1 fully saturated rings. The number of aliphatic hydroxyl groups is 2. The number of carbonyl (C=O) groups is 3. The standard InChI is InChI=1S/C32H38N2O9/c1-40-21-7-8-25(41-2)20(15-21)9-11-34(32(39)19-5-4-6-19)24-16-23(31(38)33-10-12-35)27-22-13-18(17-36)14-26(42-3)29(22)43-30(27)28(24)37/h7-8,13-17,19,24,27-28,30,35,37H,4-6,9-12H2,1-3H3,(H,33,38)/t24-,27+,28+,30+/m1/s1. The Morgan fingerprint density at radius 2 is 1.86 bits per heavy atom. The van der Waals surface area contributed by atoms with Gasteiger partial charge in [-0.25, -0.2) is 0 Å². The minimum Gasteiger partial charge on any atom is -0.497 e. The summed E-state index contributed by atoms with van der Waals surface area (Å²) in [4.78, 5) is 40.8. The molecule has 5 rings (SSSR count). The van der Waals surface area contributed by atoms with Gasteiger partial charge in [0.1, 0.15) is 30.0 Å². The van der Waals surface area contributed by atoms with Gasteiger partial charge >= 0.3 is 0 Å². The van der Waals surface area contributed by atoms with E-state index in [1.165, 1.54) is 13.2 Å². The fourth-order valence-corrected chi connectivity index (χ4v) is 6.17. The molecule has 43 heavy (non-hydrogen) atoms. The average Bonchev–Trinajstić information content (AvgIpc) is 3.39. The number of nitrogens with zero attached hydrogens (tertiary/aromatic N) is 1. The number of hydrogen-bond donors (Lipinski definition) is 3. The average molecular weight is 595 g/mol. The molecule has 0 saturated heterocycles. The number of benzene rings is 2. The molecule has 4 atom stereocenters. The van der Waals surface area contributed by atoms with Crippen molar-refractivity contribution in [2.75, 3.05) is 41.0 Å². The van der Waals surface area contributed by atoms with Gasteiger partial charge in [0.2, 0.25) is 11.8 Å². The van der Waals surface area contributed by atoms with Gasteiger partial charge in [-0.1, -0.05) is 6.42 Å². The Hall–Kier alpha value is -4.09. The highest BCUT2D eigenvalue weighted by Gasteiger charge is 2.52. The lowest BCUT2D eigenvalue weighted by atomic mass is 9.76. The molecule has 2 aliphatic carbocycles. The molecule has 1 aliphatic heterocycles. The van der Waals surface area contributed by atoms with E-state index in [9.17, 15) is 24.6 Å². The molecule has 230 valence electrons. The third kappa shape index (κ3) is 5.79. The zero-order valence-corrected chi connectivity index (χ0v) is 24.6. The summed E-state index contributed by atoms with van der Waals surface area (Å²) < 4.78 is 22.7. The molecular weight excluding hydrogens is 556 g/mol. The second kappa shape index (κ2) is 13.0. The molecule has 3 aliphatic rings. The molecular formula is C32H38N2O9. The first-order valence-electron chi connectivity index (χ1n) is 14.5. The molecule has 2 amide bonds. The van der Waals surface area contributed by atoms with Gasteiger partial charge in [0.15, 0.2) is 11.5 Å². The molecule has 11 nitrogen and oxygen atoms in total. The first-order valence-corrected chi connectivity index (χ1v) is 14.5. The number of ether oxygens (including phenoxy) is 4. The molecule has 3 N–H and O–H groups in total. The summed E-state index contributed by atoms with van der Waals surface area (Å²) in [6.45, 7) is 0.00213. The van der Waals surface area contributed by atoms with Crippen molar-refractivity contribution in [1.29, 1.82) is 0 Å². The van der Waals surface area contributed by atoms with Gasteiger partial charge < -0.3 is 39.4 Å². The topological polar surface area (TPSA) is 144 Å². The van der Waals surface area contributed by atoms with Crippen LogP contribution in [0.5, 0.6) is 23.0 Å². The largest absolute Gasteiger partial charge is 0.497 e. The van der Waals surface area contributed by atoms with Gasteiger partial charge in [0, 0.05) is 35.7 Å². The van der Waals surface area contributed by atoms with E-state index in [1.54, 1.807) is 43.4 Å². The molecule has 2 aromatic carbocycles. The normalized spacial score (nSPS) is 22.2. The lowest BCUT2D eigenvalue weighted by Crippen LogP contribution is -2.57. The highest BCUT2D eigenvalue weighted by atomic mass is 16.5. The van der Waals surface area contributed by atoms with Gasteiger partial charge in [-0.05, 0) is 61.2 Å². The van der Waals surface area contributed by atoms with E-state index in [2.05, 4.69) is 5.32 Å². The van der Waals surface area contributed by atoms with Crippen LogP contribution in [0, 0.1) is 5.92 Å². The quantitative estimate of drug-likeness (QED) is 0.315. The van der Waals surface area contributed by atoms with Crippen LogP contribution < -0.4 is 24.3 Å². The van der Waals surface area contributed by atoms with Crippen LogP contribution in [0.1, 0.15) is 46.7 Å². The lowest BCUT2D eigenvalue weighted by Gasteiger charge is -2.43. The number of carbonyl (C=O) groups excluding carboxylic acids is 3. The van der Waals surface area contributed by atoms with Crippen molar-refractivity contribution < 1.29 is 43.5 Å². The monoisotopic (exact) mass is 594 g/mol. The van der Waals surface area contributed by atoms with Gasteiger partial charge in [-0.2, -0.15) is 0 Å². The zero-order chi connectivity index (χ0) is 30.7. The molecule has 0 spiro atoms. The Morgan fingerprint density at radius 3 is 2.49 bits per heavy atom. The van der Waals surface area contributed by atoms with Crippen LogP contribution in [0.25, 0.3) is 0 Å². The second-order valence-electron chi connectivity index (χ2n) is 11.0. The Labute approximate surface area is 250 Å². The number of fused-ring (bicyclic) bond motifs is 3. The van der Waals surface area contributed by atoms with Gasteiger partial charge in [0.25, 0.3) is 0 Å². The number of nitrogens with one attached hydrogen (secondary N) is 1. The third-order valence-electron chi connectivity index (χ3n) is 8.62. The Balaban J connectivity index is 1.56. The van der Waals surface area contributed by atoms with E-state index in [0.29, 0.717) is 46.8 Å². The van der Waals surface area contributed by atoms with Crippen LogP contribution in [-0.4, -0.2) is 92.5 Å². The van der Waals surface area contributed by atoms with Crippen molar-refractivity contribution in [3.05, 3.63) is 58.7 Å². The summed E-state index contributed by atoms with van der Waals surface area (Å²) in [5.74, 6) is 0.478. The van der Waals surface area contributed by atoms with E-state index in [0.717, 1.165) is 24.8 Å². The number of hydrogen-bond acceptors (Lipinski definition) is 9. The second-order valence-corrected chi connectivity index (χ2v) is 11.0. The summed E-state index contributed by atoms with van der Waals surface area (Å²) in [5, 5.41) is 23.9. The van der Waals surface area contributed by atoms with Crippen molar-refractivity contribution in [2.24, 2.45) is 5.92 Å². The first kappa shape index (κ1) is 30.4. The summed E-state index contributed by atoms with van der Waals surface area (Å²) in [6.07, 6.45) is 3.06. The summed E-state index contributed by atoms with van der Waals surface area (Å²) in [6, 6.07) is 7.74. The molecule has 0 unspecified atom stereocenters. The fourth-order valence-electron chi connectivity index (χ4n) is 6.17. The Morgan fingerprint density at radius 1 is 1.09 bits per heavy atom. The maximum Gasteiger partial charge on any atom is 0.247 e. The predicted octanol–water partition coefficient (Wildman–Crippen LogP) is 2.02. The highest BCUT2D eigenvalue weighted by Crippen LogP contribution is 2.51. The minimum absolute atomic E-state index is 0.0204. The lowest BCUT2D eigenvalue weighted by molar-refractivity contribution is -0.144. The third-order valence-corrected chi connectivity index (χ3v) is 8.62. The van der Waals surface area contributed by atoms with Crippen LogP contribution in [0.2, 0.25) is 0 Å². The zero-order valence-electron chi connectivity index (χ0n) is 24.6. The van der Waals surface area contributed by atoms with Gasteiger partial charge in [0.05, 0.1) is 39.9 Å². The van der Waals surface area contributed by atoms with E-state index >= 15 is 0 Å². The number of rotatable bonds is 12. The first-order chi connectivity index (χ1) is 20.8. The van der Waals surface area contributed by atoms with E-state index in [-0.39, 0.29) is 37.1 Å².